The standard InChI is InChI=1S/C14H12FNO4S/c15-9-1-2-11-8(5-9)6-12(21-11)13(17)16-3-4-20-7-10(16)14(18)19/h1-2,5-6,10H,3-4,7H2,(H,18,19)/t10-/m0/s1. The minimum atomic E-state index is -1.09. The summed E-state index contributed by atoms with van der Waals surface area (Å²) in [5.41, 5.74) is 0. The lowest BCUT2D eigenvalue weighted by Gasteiger charge is -2.32. The number of carboxylic acids is 1. The van der Waals surface area contributed by atoms with E-state index in [0.29, 0.717) is 16.9 Å². The van der Waals surface area contributed by atoms with Gasteiger partial charge in [0, 0.05) is 11.2 Å². The summed E-state index contributed by atoms with van der Waals surface area (Å²) in [4.78, 5) is 25.4. The highest BCUT2D eigenvalue weighted by Gasteiger charge is 2.33. The van der Waals surface area contributed by atoms with Gasteiger partial charge in [0.05, 0.1) is 18.1 Å². The maximum absolute atomic E-state index is 13.2. The number of ether oxygens (including phenoxy) is 1. The molecule has 1 saturated heterocycles. The van der Waals surface area contributed by atoms with Crippen LogP contribution in [0.2, 0.25) is 0 Å². The SMILES string of the molecule is O=C(O)[C@@H]1COCCN1C(=O)c1cc2cc(F)ccc2s1. The van der Waals surface area contributed by atoms with Gasteiger partial charge in [-0.05, 0) is 29.7 Å². The molecule has 0 bridgehead atoms. The first kappa shape index (κ1) is 14.0. The molecule has 7 heteroatoms. The largest absolute Gasteiger partial charge is 0.480 e. The predicted molar refractivity (Wildman–Crippen MR) is 75.1 cm³/mol. The molecule has 2 aromatic rings. The number of hydrogen-bond donors (Lipinski definition) is 1. The molecular weight excluding hydrogens is 297 g/mol. The van der Waals surface area contributed by atoms with Crippen molar-refractivity contribution in [2.45, 2.75) is 6.04 Å². The van der Waals surface area contributed by atoms with Gasteiger partial charge in [0.25, 0.3) is 5.91 Å². The third kappa shape index (κ3) is 2.62. The van der Waals surface area contributed by atoms with Crippen LogP contribution in [0, 0.1) is 5.82 Å². The van der Waals surface area contributed by atoms with Crippen molar-refractivity contribution in [3.8, 4) is 0 Å². The second-order valence-electron chi connectivity index (χ2n) is 4.72. The molecule has 0 spiro atoms. The van der Waals surface area contributed by atoms with Crippen molar-refractivity contribution in [1.82, 2.24) is 4.90 Å². The van der Waals surface area contributed by atoms with Crippen LogP contribution < -0.4 is 0 Å². The number of benzene rings is 1. The number of nitrogens with zero attached hydrogens (tertiary/aromatic N) is 1. The molecule has 0 radical (unpaired) electrons. The highest BCUT2D eigenvalue weighted by atomic mass is 32.1. The third-order valence-electron chi connectivity index (χ3n) is 3.36. The van der Waals surface area contributed by atoms with E-state index in [2.05, 4.69) is 0 Å². The number of rotatable bonds is 2. The lowest BCUT2D eigenvalue weighted by molar-refractivity contribution is -0.147. The Morgan fingerprint density at radius 2 is 2.19 bits per heavy atom. The van der Waals surface area contributed by atoms with E-state index >= 15 is 0 Å². The summed E-state index contributed by atoms with van der Waals surface area (Å²) >= 11 is 1.23. The van der Waals surface area contributed by atoms with Gasteiger partial charge in [0.1, 0.15) is 5.82 Å². The van der Waals surface area contributed by atoms with E-state index < -0.39 is 12.0 Å². The zero-order valence-corrected chi connectivity index (χ0v) is 11.7. The molecule has 1 aromatic heterocycles. The summed E-state index contributed by atoms with van der Waals surface area (Å²) in [5, 5.41) is 9.80. The van der Waals surface area contributed by atoms with Crippen molar-refractivity contribution in [2.24, 2.45) is 0 Å². The van der Waals surface area contributed by atoms with Crippen molar-refractivity contribution in [2.75, 3.05) is 19.8 Å². The van der Waals surface area contributed by atoms with Gasteiger partial charge in [-0.15, -0.1) is 11.3 Å². The average molecular weight is 309 g/mol. The predicted octanol–water partition coefficient (Wildman–Crippen LogP) is 1.97. The van der Waals surface area contributed by atoms with Gasteiger partial charge in [-0.1, -0.05) is 0 Å². The van der Waals surface area contributed by atoms with Gasteiger partial charge < -0.3 is 14.7 Å². The van der Waals surface area contributed by atoms with E-state index in [1.54, 1.807) is 12.1 Å². The summed E-state index contributed by atoms with van der Waals surface area (Å²) in [6.07, 6.45) is 0. The molecule has 5 nitrogen and oxygen atoms in total. The van der Waals surface area contributed by atoms with Crippen LogP contribution in [-0.4, -0.2) is 47.7 Å². The molecule has 3 rings (SSSR count). The summed E-state index contributed by atoms with van der Waals surface area (Å²) in [6.45, 7) is 0.536. The Hall–Kier alpha value is -1.99. The monoisotopic (exact) mass is 309 g/mol. The van der Waals surface area contributed by atoms with E-state index in [0.717, 1.165) is 4.70 Å². The Labute approximate surface area is 123 Å². The molecule has 1 atom stereocenters. The Bertz CT molecular complexity index is 714. The molecule has 1 fully saturated rings. The molecule has 0 unspecified atom stereocenters. The van der Waals surface area contributed by atoms with Crippen LogP contribution in [0.25, 0.3) is 10.1 Å². The van der Waals surface area contributed by atoms with E-state index in [1.807, 2.05) is 0 Å². The molecule has 1 N–H and O–H groups in total. The fourth-order valence-corrected chi connectivity index (χ4v) is 3.31. The Kier molecular flexibility index (Phi) is 3.60. The minimum Gasteiger partial charge on any atom is -0.480 e. The molecule has 1 amide bonds. The van der Waals surface area contributed by atoms with Crippen molar-refractivity contribution in [3.05, 3.63) is 35.0 Å². The van der Waals surface area contributed by atoms with Gasteiger partial charge >= 0.3 is 5.97 Å². The Morgan fingerprint density at radius 1 is 1.38 bits per heavy atom. The smallest absolute Gasteiger partial charge is 0.328 e. The molecular formula is C14H12FNO4S. The molecule has 1 aliphatic heterocycles. The van der Waals surface area contributed by atoms with Crippen molar-refractivity contribution in [1.29, 1.82) is 0 Å². The van der Waals surface area contributed by atoms with Gasteiger partial charge in [-0.2, -0.15) is 0 Å². The Morgan fingerprint density at radius 3 is 2.95 bits per heavy atom. The Balaban J connectivity index is 1.93. The minimum absolute atomic E-state index is 0.0133. The van der Waals surface area contributed by atoms with Crippen molar-refractivity contribution < 1.29 is 23.8 Å². The van der Waals surface area contributed by atoms with Crippen LogP contribution in [0.4, 0.5) is 4.39 Å². The molecule has 0 saturated carbocycles. The molecule has 0 aliphatic carbocycles. The average Bonchev–Trinajstić information content (AvgIpc) is 2.89. The number of morpholine rings is 1. The lowest BCUT2D eigenvalue weighted by atomic mass is 10.2. The van der Waals surface area contributed by atoms with Crippen LogP contribution in [0.3, 0.4) is 0 Å². The van der Waals surface area contributed by atoms with Crippen LogP contribution in [0.5, 0.6) is 0 Å². The van der Waals surface area contributed by atoms with Gasteiger partial charge in [-0.25, -0.2) is 9.18 Å². The number of hydrogen-bond acceptors (Lipinski definition) is 4. The fraction of sp³-hybridized carbons (Fsp3) is 0.286. The summed E-state index contributed by atoms with van der Waals surface area (Å²) in [5.74, 6) is -1.81. The van der Waals surface area contributed by atoms with Crippen LogP contribution >= 0.6 is 11.3 Å². The maximum atomic E-state index is 13.2. The zero-order valence-electron chi connectivity index (χ0n) is 10.9. The molecule has 21 heavy (non-hydrogen) atoms. The van der Waals surface area contributed by atoms with Crippen molar-refractivity contribution in [3.63, 3.8) is 0 Å². The third-order valence-corrected chi connectivity index (χ3v) is 4.47. The highest BCUT2D eigenvalue weighted by molar-refractivity contribution is 7.20. The van der Waals surface area contributed by atoms with E-state index in [-0.39, 0.29) is 24.9 Å². The molecule has 1 aliphatic rings. The van der Waals surface area contributed by atoms with Gasteiger partial charge in [0.2, 0.25) is 0 Å². The summed E-state index contributed by atoms with van der Waals surface area (Å²) in [7, 11) is 0. The van der Waals surface area contributed by atoms with Gasteiger partial charge in [-0.3, -0.25) is 4.79 Å². The second-order valence-corrected chi connectivity index (χ2v) is 5.80. The fourth-order valence-electron chi connectivity index (χ4n) is 2.31. The number of thiophene rings is 1. The number of halogens is 1. The van der Waals surface area contributed by atoms with Crippen molar-refractivity contribution >= 4 is 33.3 Å². The number of carboxylic acid groups (broad SMARTS) is 1. The highest BCUT2D eigenvalue weighted by Crippen LogP contribution is 2.28. The van der Waals surface area contributed by atoms with Crippen LogP contribution in [0.1, 0.15) is 9.67 Å². The first-order chi connectivity index (χ1) is 10.1. The normalized spacial score (nSPS) is 18.9. The number of carbonyl (C=O) groups excluding carboxylic acids is 1. The first-order valence-corrected chi connectivity index (χ1v) is 7.18. The molecule has 110 valence electrons. The van der Waals surface area contributed by atoms with Gasteiger partial charge in [0.15, 0.2) is 6.04 Å². The number of carbonyl (C=O) groups is 2. The topological polar surface area (TPSA) is 66.8 Å². The van der Waals surface area contributed by atoms with Crippen LogP contribution in [-0.2, 0) is 9.53 Å². The van der Waals surface area contributed by atoms with E-state index in [1.165, 1.54) is 28.4 Å². The number of aliphatic carboxylic acids is 1. The quantitative estimate of drug-likeness (QED) is 0.921. The zero-order chi connectivity index (χ0) is 15.0. The molecule has 1 aromatic carbocycles. The summed E-state index contributed by atoms with van der Waals surface area (Å²) in [6, 6.07) is 4.92. The maximum Gasteiger partial charge on any atom is 0.328 e. The second kappa shape index (κ2) is 5.42. The lowest BCUT2D eigenvalue weighted by Crippen LogP contribution is -2.52. The first-order valence-electron chi connectivity index (χ1n) is 6.37. The number of fused-ring (bicyclic) bond motifs is 1. The number of amides is 1. The van der Waals surface area contributed by atoms with Crippen LogP contribution in [0.15, 0.2) is 24.3 Å². The van der Waals surface area contributed by atoms with E-state index in [4.69, 9.17) is 9.84 Å². The molecule has 2 heterocycles. The summed E-state index contributed by atoms with van der Waals surface area (Å²) < 4.78 is 19.1. The van der Waals surface area contributed by atoms with E-state index in [9.17, 15) is 14.0 Å².